The van der Waals surface area contributed by atoms with Gasteiger partial charge in [-0.05, 0) is 26.0 Å². The van der Waals surface area contributed by atoms with Crippen LogP contribution in [0.15, 0.2) is 35.5 Å². The number of para-hydroxylation sites is 1. The number of benzene rings is 1. The van der Waals surface area contributed by atoms with E-state index in [4.69, 9.17) is 10.9 Å². The Bertz CT molecular complexity index is 432. The van der Waals surface area contributed by atoms with E-state index in [2.05, 4.69) is 10.5 Å². The predicted octanol–water partition coefficient (Wildman–Crippen LogP) is 2.07. The Kier molecular flexibility index (Phi) is 5.66. The Balaban J connectivity index is 2.63. The number of amidine groups is 1. The fourth-order valence-electron chi connectivity index (χ4n) is 1.60. The molecule has 0 bridgehead atoms. The van der Waals surface area contributed by atoms with E-state index >= 15 is 0 Å². The van der Waals surface area contributed by atoms with Crippen LogP contribution in [0.5, 0.6) is 0 Å². The van der Waals surface area contributed by atoms with Crippen LogP contribution in [0.3, 0.4) is 0 Å². The molecule has 0 aromatic heterocycles. The van der Waals surface area contributed by atoms with Crippen LogP contribution in [-0.2, 0) is 0 Å². The molecule has 6 nitrogen and oxygen atoms in total. The van der Waals surface area contributed by atoms with Gasteiger partial charge in [-0.1, -0.05) is 23.4 Å². The van der Waals surface area contributed by atoms with Gasteiger partial charge in [0.25, 0.3) is 0 Å². The molecule has 0 aliphatic rings. The number of hydrogen-bond donors (Lipinski definition) is 3. The van der Waals surface area contributed by atoms with Gasteiger partial charge in [0.15, 0.2) is 0 Å². The second kappa shape index (κ2) is 7.25. The van der Waals surface area contributed by atoms with Gasteiger partial charge in [0, 0.05) is 24.7 Å². The zero-order chi connectivity index (χ0) is 14.3. The van der Waals surface area contributed by atoms with Crippen LogP contribution in [0.2, 0.25) is 0 Å². The summed E-state index contributed by atoms with van der Waals surface area (Å²) in [7, 11) is 0. The maximum atomic E-state index is 12.1. The first-order valence-electron chi connectivity index (χ1n) is 6.13. The quantitative estimate of drug-likeness (QED) is 0.329. The highest BCUT2D eigenvalue weighted by Crippen LogP contribution is 2.09. The van der Waals surface area contributed by atoms with Crippen molar-refractivity contribution in [2.75, 3.05) is 11.9 Å². The largest absolute Gasteiger partial charge is 0.409 e. The van der Waals surface area contributed by atoms with Crippen LogP contribution < -0.4 is 11.1 Å². The molecule has 19 heavy (non-hydrogen) atoms. The summed E-state index contributed by atoms with van der Waals surface area (Å²) in [5.74, 6) is 0.109. The van der Waals surface area contributed by atoms with E-state index in [0.29, 0.717) is 13.0 Å². The van der Waals surface area contributed by atoms with Crippen molar-refractivity contribution in [2.24, 2.45) is 10.9 Å². The molecule has 1 aromatic carbocycles. The predicted molar refractivity (Wildman–Crippen MR) is 75.3 cm³/mol. The van der Waals surface area contributed by atoms with E-state index in [1.54, 1.807) is 4.90 Å². The lowest BCUT2D eigenvalue weighted by Crippen LogP contribution is -2.41. The summed E-state index contributed by atoms with van der Waals surface area (Å²) >= 11 is 0. The lowest BCUT2D eigenvalue weighted by Gasteiger charge is -2.26. The SMILES string of the molecule is CC(C)N(CC/C(N)=N/O)C(=O)Nc1ccccc1. The van der Waals surface area contributed by atoms with E-state index in [1.165, 1.54) is 0 Å². The molecule has 0 heterocycles. The Morgan fingerprint density at radius 1 is 1.42 bits per heavy atom. The molecule has 0 spiro atoms. The highest BCUT2D eigenvalue weighted by molar-refractivity contribution is 5.90. The van der Waals surface area contributed by atoms with Gasteiger partial charge in [-0.15, -0.1) is 0 Å². The van der Waals surface area contributed by atoms with Crippen molar-refractivity contribution in [3.63, 3.8) is 0 Å². The highest BCUT2D eigenvalue weighted by atomic mass is 16.4. The number of nitrogens with two attached hydrogens (primary N) is 1. The molecule has 0 saturated carbocycles. The molecule has 0 fully saturated rings. The first-order valence-corrected chi connectivity index (χ1v) is 6.13. The Labute approximate surface area is 112 Å². The average molecular weight is 264 g/mol. The lowest BCUT2D eigenvalue weighted by atomic mass is 10.3. The van der Waals surface area contributed by atoms with Crippen molar-refractivity contribution < 1.29 is 10.0 Å². The number of oxime groups is 1. The number of rotatable bonds is 5. The number of carbonyl (C=O) groups is 1. The lowest BCUT2D eigenvalue weighted by molar-refractivity contribution is 0.198. The van der Waals surface area contributed by atoms with E-state index in [9.17, 15) is 4.79 Å². The maximum absolute atomic E-state index is 12.1. The van der Waals surface area contributed by atoms with Crippen molar-refractivity contribution >= 4 is 17.6 Å². The van der Waals surface area contributed by atoms with Gasteiger partial charge in [0.2, 0.25) is 0 Å². The van der Waals surface area contributed by atoms with Gasteiger partial charge in [-0.2, -0.15) is 0 Å². The zero-order valence-corrected chi connectivity index (χ0v) is 11.2. The summed E-state index contributed by atoms with van der Waals surface area (Å²) in [6.07, 6.45) is 0.330. The van der Waals surface area contributed by atoms with Crippen molar-refractivity contribution in [1.29, 1.82) is 0 Å². The summed E-state index contributed by atoms with van der Waals surface area (Å²) in [5.41, 5.74) is 6.15. The minimum atomic E-state index is -0.202. The van der Waals surface area contributed by atoms with E-state index in [0.717, 1.165) is 5.69 Å². The minimum Gasteiger partial charge on any atom is -0.409 e. The number of amides is 2. The second-order valence-electron chi connectivity index (χ2n) is 4.42. The number of hydrogen-bond acceptors (Lipinski definition) is 3. The molecule has 0 atom stereocenters. The highest BCUT2D eigenvalue weighted by Gasteiger charge is 2.17. The molecule has 0 aliphatic heterocycles. The molecule has 6 heteroatoms. The van der Waals surface area contributed by atoms with Gasteiger partial charge in [-0.25, -0.2) is 4.79 Å². The molecule has 104 valence electrons. The van der Waals surface area contributed by atoms with E-state index in [1.807, 2.05) is 44.2 Å². The van der Waals surface area contributed by atoms with Gasteiger partial charge < -0.3 is 21.2 Å². The molecule has 1 rings (SSSR count). The smallest absolute Gasteiger partial charge is 0.322 e. The van der Waals surface area contributed by atoms with Crippen molar-refractivity contribution in [2.45, 2.75) is 26.3 Å². The maximum Gasteiger partial charge on any atom is 0.322 e. The Hall–Kier alpha value is -2.24. The Morgan fingerprint density at radius 3 is 2.58 bits per heavy atom. The third-order valence-electron chi connectivity index (χ3n) is 2.65. The molecule has 0 unspecified atom stereocenters. The van der Waals surface area contributed by atoms with Gasteiger partial charge in [-0.3, -0.25) is 0 Å². The summed E-state index contributed by atoms with van der Waals surface area (Å²) in [6, 6.07) is 9.05. The number of nitrogens with one attached hydrogen (secondary N) is 1. The molecule has 2 amide bonds. The van der Waals surface area contributed by atoms with Gasteiger partial charge >= 0.3 is 6.03 Å². The first kappa shape index (κ1) is 14.8. The molecule has 4 N–H and O–H groups in total. The third-order valence-corrected chi connectivity index (χ3v) is 2.65. The number of urea groups is 1. The third kappa shape index (κ3) is 4.87. The normalized spacial score (nSPS) is 11.4. The fourth-order valence-corrected chi connectivity index (χ4v) is 1.60. The monoisotopic (exact) mass is 264 g/mol. The standard InChI is InChI=1S/C13H20N4O2/c1-10(2)17(9-8-12(14)16-19)13(18)15-11-6-4-3-5-7-11/h3-7,10,19H,8-9H2,1-2H3,(H2,14,16)(H,15,18). The van der Waals surface area contributed by atoms with Crippen LogP contribution in [0.4, 0.5) is 10.5 Å². The van der Waals surface area contributed by atoms with Gasteiger partial charge in [0.1, 0.15) is 5.84 Å². The average Bonchev–Trinajstić information content (AvgIpc) is 2.39. The van der Waals surface area contributed by atoms with Crippen molar-refractivity contribution in [3.05, 3.63) is 30.3 Å². The number of carbonyl (C=O) groups excluding carboxylic acids is 1. The molecule has 0 saturated heterocycles. The first-order chi connectivity index (χ1) is 9.04. The topological polar surface area (TPSA) is 90.9 Å². The van der Waals surface area contributed by atoms with Crippen molar-refractivity contribution in [1.82, 2.24) is 4.90 Å². The Morgan fingerprint density at radius 2 is 2.05 bits per heavy atom. The summed E-state index contributed by atoms with van der Waals surface area (Å²) in [6.45, 7) is 4.22. The second-order valence-corrected chi connectivity index (χ2v) is 4.42. The molecule has 0 radical (unpaired) electrons. The fraction of sp³-hybridized carbons (Fsp3) is 0.385. The van der Waals surface area contributed by atoms with E-state index in [-0.39, 0.29) is 17.9 Å². The summed E-state index contributed by atoms with van der Waals surface area (Å²) < 4.78 is 0. The number of anilines is 1. The van der Waals surface area contributed by atoms with Crippen LogP contribution in [0.25, 0.3) is 0 Å². The molecular formula is C13H20N4O2. The van der Waals surface area contributed by atoms with Crippen molar-refractivity contribution in [3.8, 4) is 0 Å². The summed E-state index contributed by atoms with van der Waals surface area (Å²) in [5, 5.41) is 14.2. The molecular weight excluding hydrogens is 244 g/mol. The molecule has 0 aliphatic carbocycles. The van der Waals surface area contributed by atoms with Crippen LogP contribution in [0.1, 0.15) is 20.3 Å². The minimum absolute atomic E-state index is 0.0233. The summed E-state index contributed by atoms with van der Waals surface area (Å²) in [4.78, 5) is 13.8. The van der Waals surface area contributed by atoms with E-state index < -0.39 is 0 Å². The van der Waals surface area contributed by atoms with Gasteiger partial charge in [0.05, 0.1) is 0 Å². The zero-order valence-electron chi connectivity index (χ0n) is 11.2. The van der Waals surface area contributed by atoms with Crippen LogP contribution in [0, 0.1) is 0 Å². The van der Waals surface area contributed by atoms with Crippen LogP contribution in [-0.4, -0.2) is 34.6 Å². The number of nitrogens with zero attached hydrogens (tertiary/aromatic N) is 2. The van der Waals surface area contributed by atoms with Crippen LogP contribution >= 0.6 is 0 Å². The molecule has 1 aromatic rings.